The molecule has 2 aromatic heterocycles. The number of hydrogen-bond acceptors (Lipinski definition) is 5. The lowest BCUT2D eigenvalue weighted by molar-refractivity contribution is 0.0601. The Kier molecular flexibility index (Phi) is 4.80. The van der Waals surface area contributed by atoms with E-state index in [0.29, 0.717) is 29.1 Å². The van der Waals surface area contributed by atoms with Crippen LogP contribution in [0.4, 0.5) is 0 Å². The number of ether oxygens (including phenoxy) is 1. The maximum atomic E-state index is 12.4. The van der Waals surface area contributed by atoms with Crippen LogP contribution in [0, 0.1) is 0 Å². The van der Waals surface area contributed by atoms with E-state index in [4.69, 9.17) is 4.74 Å². The number of carbonyl (C=O) groups excluding carboxylic acids is 2. The molecule has 8 heteroatoms. The first-order valence-corrected chi connectivity index (χ1v) is 8.73. The van der Waals surface area contributed by atoms with Gasteiger partial charge in [0, 0.05) is 19.3 Å². The van der Waals surface area contributed by atoms with Crippen molar-refractivity contribution < 1.29 is 14.3 Å². The molecule has 3 rings (SSSR count). The van der Waals surface area contributed by atoms with Crippen molar-refractivity contribution in [2.45, 2.75) is 26.9 Å². The summed E-state index contributed by atoms with van der Waals surface area (Å²) in [7, 11) is 1.35. The summed E-state index contributed by atoms with van der Waals surface area (Å²) in [5.74, 6) is -0.771. The van der Waals surface area contributed by atoms with Crippen molar-refractivity contribution in [3.8, 4) is 0 Å². The van der Waals surface area contributed by atoms with E-state index >= 15 is 0 Å². The Morgan fingerprint density at radius 1 is 1.24 bits per heavy atom. The van der Waals surface area contributed by atoms with E-state index < -0.39 is 5.97 Å². The third-order valence-corrected chi connectivity index (χ3v) is 4.84. The predicted octanol–water partition coefficient (Wildman–Crippen LogP) is 2.47. The number of rotatable bonds is 4. The van der Waals surface area contributed by atoms with Gasteiger partial charge in [-0.3, -0.25) is 9.48 Å². The van der Waals surface area contributed by atoms with Gasteiger partial charge in [0.2, 0.25) is 0 Å². The van der Waals surface area contributed by atoms with Crippen LogP contribution in [0.1, 0.15) is 34.7 Å². The Morgan fingerprint density at radius 3 is 2.68 bits per heavy atom. The average molecular weight is 358 g/mol. The lowest BCUT2D eigenvalue weighted by atomic mass is 10.2. The molecule has 0 N–H and O–H groups in total. The average Bonchev–Trinajstić information content (AvgIpc) is 3.24. The second kappa shape index (κ2) is 7.02. The molecule has 2 heterocycles. The fourth-order valence-electron chi connectivity index (χ4n) is 2.50. The largest absolute Gasteiger partial charge is 0.465 e. The summed E-state index contributed by atoms with van der Waals surface area (Å²) in [6, 6.07) is 6.97. The molecule has 1 amide bonds. The number of fused-ring (bicyclic) bond motifs is 1. The monoisotopic (exact) mass is 358 g/mol. The zero-order valence-electron chi connectivity index (χ0n) is 14.2. The molecule has 25 heavy (non-hydrogen) atoms. The fraction of sp³-hybridized carbons (Fsp3) is 0.294. The van der Waals surface area contributed by atoms with E-state index in [9.17, 15) is 9.59 Å². The van der Waals surface area contributed by atoms with Crippen LogP contribution in [0.15, 0.2) is 35.5 Å². The summed E-state index contributed by atoms with van der Waals surface area (Å²) in [4.78, 5) is 28.9. The first-order valence-electron chi connectivity index (χ1n) is 7.91. The maximum Gasteiger partial charge on any atom is 0.337 e. The molecular weight excluding hydrogens is 340 g/mol. The van der Waals surface area contributed by atoms with Crippen molar-refractivity contribution in [1.82, 2.24) is 14.3 Å². The lowest BCUT2D eigenvalue weighted by Crippen LogP contribution is -2.16. The molecule has 0 saturated carbocycles. The van der Waals surface area contributed by atoms with Crippen LogP contribution in [0.5, 0.6) is 0 Å². The highest BCUT2D eigenvalue weighted by molar-refractivity contribution is 7.16. The first kappa shape index (κ1) is 17.1. The van der Waals surface area contributed by atoms with E-state index in [1.54, 1.807) is 29.1 Å². The molecule has 0 fully saturated rings. The molecule has 7 nitrogen and oxygen atoms in total. The van der Waals surface area contributed by atoms with E-state index in [-0.39, 0.29) is 5.91 Å². The van der Waals surface area contributed by atoms with Crippen molar-refractivity contribution in [3.63, 3.8) is 0 Å². The summed E-state index contributed by atoms with van der Waals surface area (Å²) < 4.78 is 9.25. The quantitative estimate of drug-likeness (QED) is 0.671. The SMILES string of the molecule is CCn1ccc(C(=O)N=c2sc3cc(C(=O)OC)ccc3n2CC)n1. The minimum atomic E-state index is -0.391. The van der Waals surface area contributed by atoms with Gasteiger partial charge in [-0.2, -0.15) is 10.1 Å². The number of amides is 1. The molecular formula is C17H18N4O3S. The Labute approximate surface area is 148 Å². The molecule has 0 radical (unpaired) electrons. The topological polar surface area (TPSA) is 78.5 Å². The van der Waals surface area contributed by atoms with Crippen LogP contribution in [-0.4, -0.2) is 33.3 Å². The third-order valence-electron chi connectivity index (χ3n) is 3.80. The molecule has 0 unspecified atom stereocenters. The molecule has 0 atom stereocenters. The van der Waals surface area contributed by atoms with Crippen molar-refractivity contribution in [2.24, 2.45) is 4.99 Å². The van der Waals surface area contributed by atoms with Crippen LogP contribution < -0.4 is 4.80 Å². The summed E-state index contributed by atoms with van der Waals surface area (Å²) in [6.07, 6.45) is 1.75. The number of esters is 1. The zero-order valence-corrected chi connectivity index (χ0v) is 15.0. The zero-order chi connectivity index (χ0) is 18.0. The van der Waals surface area contributed by atoms with Crippen LogP contribution >= 0.6 is 11.3 Å². The lowest BCUT2D eigenvalue weighted by Gasteiger charge is -2.01. The smallest absolute Gasteiger partial charge is 0.337 e. The van der Waals surface area contributed by atoms with E-state index in [0.717, 1.165) is 10.2 Å². The molecule has 0 aliphatic heterocycles. The number of nitrogens with zero attached hydrogens (tertiary/aromatic N) is 4. The highest BCUT2D eigenvalue weighted by atomic mass is 32.1. The van der Waals surface area contributed by atoms with Gasteiger partial charge in [0.1, 0.15) is 0 Å². The number of carbonyl (C=O) groups is 2. The Hall–Kier alpha value is -2.74. The van der Waals surface area contributed by atoms with Gasteiger partial charge in [0.25, 0.3) is 5.91 Å². The number of benzene rings is 1. The van der Waals surface area contributed by atoms with Gasteiger partial charge in [-0.25, -0.2) is 4.79 Å². The number of hydrogen-bond donors (Lipinski definition) is 0. The van der Waals surface area contributed by atoms with Crippen molar-refractivity contribution in [1.29, 1.82) is 0 Å². The summed E-state index contributed by atoms with van der Waals surface area (Å²) in [6.45, 7) is 5.29. The van der Waals surface area contributed by atoms with E-state index in [1.165, 1.54) is 18.4 Å². The van der Waals surface area contributed by atoms with Gasteiger partial charge in [-0.05, 0) is 38.1 Å². The summed E-state index contributed by atoms with van der Waals surface area (Å²) in [5, 5.41) is 4.19. The third kappa shape index (κ3) is 3.25. The van der Waals surface area contributed by atoms with Crippen molar-refractivity contribution in [3.05, 3.63) is 46.5 Å². The second-order valence-electron chi connectivity index (χ2n) is 5.28. The number of thiazole rings is 1. The first-order chi connectivity index (χ1) is 12.1. The van der Waals surface area contributed by atoms with Crippen molar-refractivity contribution >= 4 is 33.4 Å². The fourth-order valence-corrected chi connectivity index (χ4v) is 3.64. The van der Waals surface area contributed by atoms with Crippen molar-refractivity contribution in [2.75, 3.05) is 7.11 Å². The maximum absolute atomic E-state index is 12.4. The van der Waals surface area contributed by atoms with E-state index in [2.05, 4.69) is 10.1 Å². The molecule has 0 bridgehead atoms. The Bertz CT molecular complexity index is 1010. The summed E-state index contributed by atoms with van der Waals surface area (Å²) >= 11 is 1.36. The minimum Gasteiger partial charge on any atom is -0.465 e. The normalized spacial score (nSPS) is 11.9. The van der Waals surface area contributed by atoms with Gasteiger partial charge < -0.3 is 9.30 Å². The molecule has 0 aliphatic rings. The number of aryl methyl sites for hydroxylation is 2. The predicted molar refractivity (Wildman–Crippen MR) is 94.6 cm³/mol. The van der Waals surface area contributed by atoms with Gasteiger partial charge in [0.05, 0.1) is 22.9 Å². The van der Waals surface area contributed by atoms with Gasteiger partial charge >= 0.3 is 5.97 Å². The van der Waals surface area contributed by atoms with E-state index in [1.807, 2.05) is 24.5 Å². The van der Waals surface area contributed by atoms with Gasteiger partial charge in [0.15, 0.2) is 10.5 Å². The van der Waals surface area contributed by atoms with Gasteiger partial charge in [-0.15, -0.1) is 0 Å². The molecule has 130 valence electrons. The standard InChI is InChI=1S/C17H18N4O3S/c1-4-20-9-8-12(19-20)15(22)18-17-21(5-2)13-7-6-11(16(23)24-3)10-14(13)25-17/h6-10H,4-5H2,1-3H3. The molecule has 3 aromatic rings. The van der Waals surface area contributed by atoms with Gasteiger partial charge in [-0.1, -0.05) is 11.3 Å². The Balaban J connectivity index is 2.08. The molecule has 0 spiro atoms. The molecule has 0 saturated heterocycles. The molecule has 0 aliphatic carbocycles. The number of methoxy groups -OCH3 is 1. The molecule has 1 aromatic carbocycles. The highest BCUT2D eigenvalue weighted by Gasteiger charge is 2.13. The van der Waals surface area contributed by atoms with Crippen LogP contribution in [0.25, 0.3) is 10.2 Å². The second-order valence-corrected chi connectivity index (χ2v) is 6.29. The van der Waals surface area contributed by atoms with Crippen LogP contribution in [0.3, 0.4) is 0 Å². The Morgan fingerprint density at radius 2 is 2.04 bits per heavy atom. The number of aromatic nitrogens is 3. The highest BCUT2D eigenvalue weighted by Crippen LogP contribution is 2.20. The summed E-state index contributed by atoms with van der Waals surface area (Å²) in [5.41, 5.74) is 1.71. The van der Waals surface area contributed by atoms with Crippen LogP contribution in [-0.2, 0) is 17.8 Å². The minimum absolute atomic E-state index is 0.317. The van der Waals surface area contributed by atoms with Crippen LogP contribution in [0.2, 0.25) is 0 Å².